The number of carbonyl (C=O) groups is 1. The Hall–Kier alpha value is -2.41. The first-order valence-electron chi connectivity index (χ1n) is 6.78. The summed E-state index contributed by atoms with van der Waals surface area (Å²) in [6.07, 6.45) is 0.520. The van der Waals surface area contributed by atoms with Gasteiger partial charge in [-0.2, -0.15) is 0 Å². The third-order valence-corrected chi connectivity index (χ3v) is 3.69. The number of aromatic nitrogens is 1. The second kappa shape index (κ2) is 5.17. The molecule has 1 aliphatic rings. The summed E-state index contributed by atoms with van der Waals surface area (Å²) in [5.74, 6) is -0.264. The number of fused-ring (bicyclic) bond motifs is 3. The zero-order valence-electron chi connectivity index (χ0n) is 11.5. The molecule has 110 valence electrons. The Morgan fingerprint density at radius 1 is 1.52 bits per heavy atom. The molecule has 0 radical (unpaired) electrons. The smallest absolute Gasteiger partial charge is 0.323 e. The fourth-order valence-corrected chi connectivity index (χ4v) is 2.71. The normalized spacial score (nSPS) is 17.5. The Morgan fingerprint density at radius 3 is 3.05 bits per heavy atom. The lowest BCUT2D eigenvalue weighted by molar-refractivity contribution is -0.384. The van der Waals surface area contributed by atoms with Crippen molar-refractivity contribution in [2.45, 2.75) is 25.9 Å². The molecule has 2 aromatic rings. The van der Waals surface area contributed by atoms with Crippen molar-refractivity contribution in [3.63, 3.8) is 0 Å². The van der Waals surface area contributed by atoms with E-state index in [1.807, 2.05) is 0 Å². The van der Waals surface area contributed by atoms with E-state index >= 15 is 0 Å². The van der Waals surface area contributed by atoms with Crippen LogP contribution in [0.15, 0.2) is 18.2 Å². The monoisotopic (exact) mass is 289 g/mol. The van der Waals surface area contributed by atoms with Crippen LogP contribution in [0.3, 0.4) is 0 Å². The Bertz CT molecular complexity index is 722. The fourth-order valence-electron chi connectivity index (χ4n) is 2.71. The molecule has 1 aromatic heterocycles. The maximum absolute atomic E-state index is 11.8. The number of ether oxygens (including phenoxy) is 1. The van der Waals surface area contributed by atoms with Crippen molar-refractivity contribution < 1.29 is 14.5 Å². The van der Waals surface area contributed by atoms with Gasteiger partial charge in [-0.1, -0.05) is 0 Å². The molecule has 0 saturated heterocycles. The SMILES string of the molecule is CCOC(=O)C1Cc2c([nH]c3cc([N+](=O)[O-])ccc23)CN1. The van der Waals surface area contributed by atoms with Gasteiger partial charge in [0.05, 0.1) is 17.0 Å². The number of aromatic amines is 1. The predicted octanol–water partition coefficient (Wildman–Crippen LogP) is 1.65. The van der Waals surface area contributed by atoms with Crippen LogP contribution in [0.1, 0.15) is 18.2 Å². The number of nitro groups is 1. The van der Waals surface area contributed by atoms with Gasteiger partial charge in [-0.05, 0) is 18.6 Å². The van der Waals surface area contributed by atoms with Gasteiger partial charge in [0.2, 0.25) is 0 Å². The number of non-ortho nitro benzene ring substituents is 1. The fraction of sp³-hybridized carbons (Fsp3) is 0.357. The lowest BCUT2D eigenvalue weighted by atomic mass is 9.98. The summed E-state index contributed by atoms with van der Waals surface area (Å²) in [6.45, 7) is 2.64. The summed E-state index contributed by atoms with van der Waals surface area (Å²) in [5.41, 5.74) is 2.76. The first-order valence-corrected chi connectivity index (χ1v) is 6.78. The lowest BCUT2D eigenvalue weighted by Gasteiger charge is -2.22. The molecule has 0 amide bonds. The number of carbonyl (C=O) groups excluding carboxylic acids is 1. The summed E-state index contributed by atoms with van der Waals surface area (Å²) >= 11 is 0. The molecule has 7 heteroatoms. The van der Waals surface area contributed by atoms with Crippen LogP contribution in [-0.4, -0.2) is 28.5 Å². The number of H-pyrrole nitrogens is 1. The molecule has 21 heavy (non-hydrogen) atoms. The van der Waals surface area contributed by atoms with E-state index in [9.17, 15) is 14.9 Å². The van der Waals surface area contributed by atoms with Gasteiger partial charge in [0.25, 0.3) is 5.69 Å². The number of rotatable bonds is 3. The van der Waals surface area contributed by atoms with E-state index in [0.29, 0.717) is 19.6 Å². The summed E-state index contributed by atoms with van der Waals surface area (Å²) in [7, 11) is 0. The largest absolute Gasteiger partial charge is 0.465 e. The van der Waals surface area contributed by atoms with Crippen LogP contribution in [0.25, 0.3) is 10.9 Å². The lowest BCUT2D eigenvalue weighted by Crippen LogP contribution is -2.42. The summed E-state index contributed by atoms with van der Waals surface area (Å²) in [5, 5.41) is 14.9. The van der Waals surface area contributed by atoms with Gasteiger partial charge >= 0.3 is 5.97 Å². The van der Waals surface area contributed by atoms with Crippen molar-refractivity contribution in [3.05, 3.63) is 39.6 Å². The van der Waals surface area contributed by atoms with E-state index in [-0.39, 0.29) is 17.7 Å². The van der Waals surface area contributed by atoms with Crippen LogP contribution >= 0.6 is 0 Å². The minimum Gasteiger partial charge on any atom is -0.465 e. The van der Waals surface area contributed by atoms with E-state index in [1.165, 1.54) is 12.1 Å². The van der Waals surface area contributed by atoms with Crippen molar-refractivity contribution in [2.75, 3.05) is 6.61 Å². The van der Waals surface area contributed by atoms with E-state index in [4.69, 9.17) is 4.74 Å². The Kier molecular flexibility index (Phi) is 3.34. The van der Waals surface area contributed by atoms with Gasteiger partial charge in [0.15, 0.2) is 0 Å². The zero-order valence-corrected chi connectivity index (χ0v) is 11.5. The van der Waals surface area contributed by atoms with Crippen molar-refractivity contribution in [2.24, 2.45) is 0 Å². The predicted molar refractivity (Wildman–Crippen MR) is 75.9 cm³/mol. The number of nitrogens with one attached hydrogen (secondary N) is 2. The average molecular weight is 289 g/mol. The van der Waals surface area contributed by atoms with E-state index in [0.717, 1.165) is 22.2 Å². The number of nitrogens with zero attached hydrogens (tertiary/aromatic N) is 1. The van der Waals surface area contributed by atoms with Gasteiger partial charge in [-0.15, -0.1) is 0 Å². The number of esters is 1. The van der Waals surface area contributed by atoms with E-state index in [1.54, 1.807) is 13.0 Å². The van der Waals surface area contributed by atoms with Crippen molar-refractivity contribution in [1.82, 2.24) is 10.3 Å². The minimum atomic E-state index is -0.418. The molecule has 0 saturated carbocycles. The second-order valence-corrected chi connectivity index (χ2v) is 4.96. The molecule has 0 fully saturated rings. The molecule has 0 bridgehead atoms. The van der Waals surface area contributed by atoms with Crippen LogP contribution in [0.4, 0.5) is 5.69 Å². The number of hydrogen-bond acceptors (Lipinski definition) is 5. The minimum absolute atomic E-state index is 0.0519. The maximum Gasteiger partial charge on any atom is 0.323 e. The summed E-state index contributed by atoms with van der Waals surface area (Å²) in [6, 6.07) is 4.37. The van der Waals surface area contributed by atoms with Crippen LogP contribution in [0.5, 0.6) is 0 Å². The molecule has 0 spiro atoms. The van der Waals surface area contributed by atoms with E-state index in [2.05, 4.69) is 10.3 Å². The summed E-state index contributed by atoms with van der Waals surface area (Å²) in [4.78, 5) is 25.4. The Morgan fingerprint density at radius 2 is 2.33 bits per heavy atom. The molecule has 1 unspecified atom stereocenters. The molecule has 1 atom stereocenters. The molecule has 1 aliphatic heterocycles. The molecular formula is C14H15N3O4. The molecule has 3 rings (SSSR count). The zero-order chi connectivity index (χ0) is 15.0. The van der Waals surface area contributed by atoms with Gasteiger partial charge in [-0.3, -0.25) is 20.2 Å². The quantitative estimate of drug-likeness (QED) is 0.508. The van der Waals surface area contributed by atoms with Crippen LogP contribution < -0.4 is 5.32 Å². The highest BCUT2D eigenvalue weighted by atomic mass is 16.6. The molecule has 7 nitrogen and oxygen atoms in total. The van der Waals surface area contributed by atoms with Crippen molar-refractivity contribution >= 4 is 22.6 Å². The van der Waals surface area contributed by atoms with Gasteiger partial charge in [0.1, 0.15) is 6.04 Å². The molecule has 2 N–H and O–H groups in total. The molecule has 2 heterocycles. The van der Waals surface area contributed by atoms with Crippen LogP contribution in [0.2, 0.25) is 0 Å². The van der Waals surface area contributed by atoms with Gasteiger partial charge in [-0.25, -0.2) is 0 Å². The third-order valence-electron chi connectivity index (χ3n) is 3.69. The third kappa shape index (κ3) is 2.36. The first kappa shape index (κ1) is 13.6. The molecule has 0 aliphatic carbocycles. The molecule has 1 aromatic carbocycles. The number of hydrogen-bond donors (Lipinski definition) is 2. The van der Waals surface area contributed by atoms with Gasteiger partial charge in [0, 0.05) is 36.2 Å². The summed E-state index contributed by atoms with van der Waals surface area (Å²) < 4.78 is 5.03. The first-order chi connectivity index (χ1) is 10.1. The van der Waals surface area contributed by atoms with E-state index < -0.39 is 4.92 Å². The number of benzene rings is 1. The molecular weight excluding hydrogens is 274 g/mol. The highest BCUT2D eigenvalue weighted by Gasteiger charge is 2.28. The number of nitro benzene ring substituents is 1. The average Bonchev–Trinajstić information content (AvgIpc) is 2.84. The topological polar surface area (TPSA) is 97.3 Å². The van der Waals surface area contributed by atoms with Crippen molar-refractivity contribution in [3.8, 4) is 0 Å². The Labute approximate surface area is 120 Å². The maximum atomic E-state index is 11.8. The van der Waals surface area contributed by atoms with Crippen LogP contribution in [0, 0.1) is 10.1 Å². The highest BCUT2D eigenvalue weighted by molar-refractivity contribution is 5.88. The van der Waals surface area contributed by atoms with Crippen LogP contribution in [-0.2, 0) is 22.5 Å². The standard InChI is InChI=1S/C14H15N3O4/c1-2-21-14(18)12-6-10-9-4-3-8(17(19)20)5-11(9)16-13(10)7-15-12/h3-5,12,15-16H,2,6-7H2,1H3. The Balaban J connectivity index is 1.96. The second-order valence-electron chi connectivity index (χ2n) is 4.96. The highest BCUT2D eigenvalue weighted by Crippen LogP contribution is 2.29. The van der Waals surface area contributed by atoms with Crippen molar-refractivity contribution in [1.29, 1.82) is 0 Å². The van der Waals surface area contributed by atoms with Gasteiger partial charge < -0.3 is 9.72 Å².